The number of ketones is 1. The molecule has 3 aromatic carbocycles. The van der Waals surface area contributed by atoms with Crippen molar-refractivity contribution in [1.29, 1.82) is 0 Å². The van der Waals surface area contributed by atoms with Crippen LogP contribution in [-0.2, 0) is 15.8 Å². The number of aliphatic hydroxyl groups is 1. The number of hydrogen-bond donors (Lipinski definition) is 2. The number of Topliss-reactive ketones (excluding diaryl/α,β-unsaturated/α-hetero) is 1. The van der Waals surface area contributed by atoms with Crippen LogP contribution in [0, 0.1) is 0 Å². The topological polar surface area (TPSA) is 87.1 Å². The number of alkyl halides is 3. The lowest BCUT2D eigenvalue weighted by atomic mass is 9.95. The summed E-state index contributed by atoms with van der Waals surface area (Å²) >= 11 is 0. The summed E-state index contributed by atoms with van der Waals surface area (Å²) in [6.07, 6.45) is -3.83. The Morgan fingerprint density at radius 3 is 2.33 bits per heavy atom. The number of amides is 1. The van der Waals surface area contributed by atoms with E-state index in [2.05, 4.69) is 0 Å². The summed E-state index contributed by atoms with van der Waals surface area (Å²) in [7, 11) is 0. The molecule has 2 N–H and O–H groups in total. The zero-order valence-electron chi connectivity index (χ0n) is 19.1. The normalized spacial score (nSPS) is 17.4. The molecule has 1 aliphatic heterocycles. The fraction of sp³-hybridized carbons (Fsp3) is 0.185. The van der Waals surface area contributed by atoms with Crippen LogP contribution in [0.25, 0.3) is 5.76 Å². The second-order valence-electron chi connectivity index (χ2n) is 8.19. The third kappa shape index (κ3) is 4.77. The van der Waals surface area contributed by atoms with Gasteiger partial charge < -0.3 is 14.9 Å². The van der Waals surface area contributed by atoms with Crippen LogP contribution in [0.2, 0.25) is 0 Å². The number of aliphatic hydroxyl groups excluding tert-OH is 1. The lowest BCUT2D eigenvalue weighted by molar-refractivity contribution is -0.137. The van der Waals surface area contributed by atoms with Gasteiger partial charge in [-0.15, -0.1) is 0 Å². The van der Waals surface area contributed by atoms with Gasteiger partial charge in [-0.1, -0.05) is 31.2 Å². The van der Waals surface area contributed by atoms with E-state index in [-0.39, 0.29) is 28.1 Å². The minimum atomic E-state index is -4.58. The number of hydrogen-bond acceptors (Lipinski definition) is 5. The number of carbonyl (C=O) groups excluding carboxylic acids is 2. The number of ether oxygens (including phenoxy) is 1. The average Bonchev–Trinajstić information content (AvgIpc) is 3.12. The van der Waals surface area contributed by atoms with Crippen molar-refractivity contribution in [2.75, 3.05) is 11.5 Å². The monoisotopic (exact) mass is 497 g/mol. The predicted molar refractivity (Wildman–Crippen MR) is 127 cm³/mol. The fourth-order valence-electron chi connectivity index (χ4n) is 4.03. The van der Waals surface area contributed by atoms with Gasteiger partial charge >= 0.3 is 6.18 Å². The first-order valence-electron chi connectivity index (χ1n) is 11.1. The Morgan fingerprint density at radius 1 is 1.00 bits per heavy atom. The van der Waals surface area contributed by atoms with Crippen LogP contribution in [0.3, 0.4) is 0 Å². The zero-order chi connectivity index (χ0) is 26.0. The maximum absolute atomic E-state index is 13.2. The third-order valence-electron chi connectivity index (χ3n) is 5.68. The van der Waals surface area contributed by atoms with Crippen LogP contribution in [0.5, 0.6) is 11.5 Å². The summed E-state index contributed by atoms with van der Waals surface area (Å²) in [6.45, 7) is 2.37. The van der Waals surface area contributed by atoms with E-state index in [0.717, 1.165) is 35.6 Å². The Labute approximate surface area is 204 Å². The van der Waals surface area contributed by atoms with E-state index >= 15 is 0 Å². The molecule has 0 saturated carbocycles. The Bertz CT molecular complexity index is 1330. The Kier molecular flexibility index (Phi) is 6.74. The van der Waals surface area contributed by atoms with Gasteiger partial charge in [0.15, 0.2) is 0 Å². The lowest BCUT2D eigenvalue weighted by Gasteiger charge is -2.26. The second-order valence-corrected chi connectivity index (χ2v) is 8.19. The van der Waals surface area contributed by atoms with Crippen LogP contribution < -0.4 is 9.64 Å². The summed E-state index contributed by atoms with van der Waals surface area (Å²) in [5.74, 6) is -2.21. The first kappa shape index (κ1) is 24.8. The molecule has 36 heavy (non-hydrogen) atoms. The molecular formula is C27H22F3NO5. The smallest absolute Gasteiger partial charge is 0.416 e. The molecule has 0 spiro atoms. The summed E-state index contributed by atoms with van der Waals surface area (Å²) in [5, 5.41) is 21.2. The van der Waals surface area contributed by atoms with E-state index in [0.29, 0.717) is 12.4 Å². The standard InChI is InChI=1S/C27H22F3NO5/c1-2-13-36-21-8-4-6-17(15-21)24(33)22-23(16-5-3-7-20(32)14-16)31(26(35)25(22)34)19-11-9-18(10-12-19)27(28,29)30/h3-12,14-15,23,32-33H,2,13H2,1H3/b24-22+. The number of phenolic OH excluding ortho intramolecular Hbond substituents is 1. The molecule has 1 unspecified atom stereocenters. The number of phenols is 1. The van der Waals surface area contributed by atoms with Gasteiger partial charge in [-0.3, -0.25) is 14.5 Å². The van der Waals surface area contributed by atoms with Crippen molar-refractivity contribution in [2.45, 2.75) is 25.6 Å². The third-order valence-corrected chi connectivity index (χ3v) is 5.68. The van der Waals surface area contributed by atoms with Crippen LogP contribution in [0.15, 0.2) is 78.4 Å². The highest BCUT2D eigenvalue weighted by Gasteiger charge is 2.47. The van der Waals surface area contributed by atoms with E-state index in [1.807, 2.05) is 6.92 Å². The van der Waals surface area contributed by atoms with Crippen molar-refractivity contribution < 1.29 is 37.7 Å². The van der Waals surface area contributed by atoms with Crippen molar-refractivity contribution in [3.8, 4) is 11.5 Å². The Hall–Kier alpha value is -4.27. The van der Waals surface area contributed by atoms with Gasteiger partial charge in [0.05, 0.1) is 23.8 Å². The molecule has 3 aromatic rings. The van der Waals surface area contributed by atoms with Gasteiger partial charge in [-0.2, -0.15) is 13.2 Å². The summed E-state index contributed by atoms with van der Waals surface area (Å²) in [6, 6.07) is 14.7. The Balaban J connectivity index is 1.87. The van der Waals surface area contributed by atoms with Gasteiger partial charge in [-0.05, 0) is 60.5 Å². The molecular weight excluding hydrogens is 475 g/mol. The molecule has 1 aliphatic rings. The maximum atomic E-state index is 13.2. The number of nitrogens with zero attached hydrogens (tertiary/aromatic N) is 1. The second kappa shape index (κ2) is 9.77. The predicted octanol–water partition coefficient (Wildman–Crippen LogP) is 5.83. The number of carbonyl (C=O) groups is 2. The van der Waals surface area contributed by atoms with Crippen molar-refractivity contribution in [2.24, 2.45) is 0 Å². The molecule has 186 valence electrons. The van der Waals surface area contributed by atoms with Crippen LogP contribution in [0.4, 0.5) is 18.9 Å². The van der Waals surface area contributed by atoms with Crippen LogP contribution in [0.1, 0.15) is 36.1 Å². The zero-order valence-corrected chi connectivity index (χ0v) is 19.1. The van der Waals surface area contributed by atoms with Gasteiger partial charge in [0.2, 0.25) is 0 Å². The highest BCUT2D eigenvalue weighted by molar-refractivity contribution is 6.51. The van der Waals surface area contributed by atoms with Crippen molar-refractivity contribution >= 4 is 23.1 Å². The number of rotatable bonds is 6. The van der Waals surface area contributed by atoms with E-state index in [4.69, 9.17) is 4.74 Å². The van der Waals surface area contributed by atoms with Gasteiger partial charge in [0.25, 0.3) is 11.7 Å². The first-order valence-corrected chi connectivity index (χ1v) is 11.1. The number of aromatic hydroxyl groups is 1. The minimum absolute atomic E-state index is 0.0255. The molecule has 0 radical (unpaired) electrons. The summed E-state index contributed by atoms with van der Waals surface area (Å²) < 4.78 is 44.8. The van der Waals surface area contributed by atoms with Crippen LogP contribution in [-0.4, -0.2) is 28.5 Å². The van der Waals surface area contributed by atoms with Crippen molar-refractivity contribution in [3.63, 3.8) is 0 Å². The quantitative estimate of drug-likeness (QED) is 0.254. The summed E-state index contributed by atoms with van der Waals surface area (Å²) in [4.78, 5) is 27.3. The van der Waals surface area contributed by atoms with E-state index in [9.17, 15) is 33.0 Å². The molecule has 1 atom stereocenters. The van der Waals surface area contributed by atoms with E-state index in [1.165, 1.54) is 24.3 Å². The van der Waals surface area contributed by atoms with Gasteiger partial charge in [0.1, 0.15) is 17.3 Å². The number of benzene rings is 3. The highest BCUT2D eigenvalue weighted by Crippen LogP contribution is 2.43. The summed E-state index contributed by atoms with van der Waals surface area (Å²) in [5.41, 5.74) is -0.649. The highest BCUT2D eigenvalue weighted by atomic mass is 19.4. The van der Waals surface area contributed by atoms with Gasteiger partial charge in [0, 0.05) is 11.3 Å². The first-order chi connectivity index (χ1) is 17.1. The molecule has 0 aliphatic carbocycles. The lowest BCUT2D eigenvalue weighted by Crippen LogP contribution is -2.29. The van der Waals surface area contributed by atoms with Crippen molar-refractivity contribution in [1.82, 2.24) is 0 Å². The molecule has 4 rings (SSSR count). The van der Waals surface area contributed by atoms with E-state index < -0.39 is 35.2 Å². The maximum Gasteiger partial charge on any atom is 0.416 e. The molecule has 1 saturated heterocycles. The van der Waals surface area contributed by atoms with Crippen molar-refractivity contribution in [3.05, 3.63) is 95.1 Å². The van der Waals surface area contributed by atoms with E-state index in [1.54, 1.807) is 24.3 Å². The number of anilines is 1. The molecule has 0 bridgehead atoms. The largest absolute Gasteiger partial charge is 0.508 e. The molecule has 1 amide bonds. The molecule has 9 heteroatoms. The SMILES string of the molecule is CCCOc1cccc(/C(O)=C2\C(=O)C(=O)N(c3ccc(C(F)(F)F)cc3)C2c2cccc(O)c2)c1. The van der Waals surface area contributed by atoms with Crippen LogP contribution >= 0.6 is 0 Å². The average molecular weight is 497 g/mol. The molecule has 0 aromatic heterocycles. The Morgan fingerprint density at radius 2 is 1.69 bits per heavy atom. The number of halogens is 3. The molecule has 1 fully saturated rings. The molecule has 6 nitrogen and oxygen atoms in total. The molecule has 1 heterocycles. The fourth-order valence-corrected chi connectivity index (χ4v) is 4.03. The minimum Gasteiger partial charge on any atom is -0.508 e. The van der Waals surface area contributed by atoms with Gasteiger partial charge in [-0.25, -0.2) is 0 Å².